The number of carbonyl (C=O) groups excluding carboxylic acids is 2. The van der Waals surface area contributed by atoms with Crippen molar-refractivity contribution in [2.75, 3.05) is 31.2 Å². The molecule has 0 saturated carbocycles. The Morgan fingerprint density at radius 3 is 2.57 bits per heavy atom. The number of phosphoric ester groups is 2. The number of amides is 1. The Hall–Kier alpha value is -5.64. The number of azide groups is 1. The maximum absolute atomic E-state index is 13.4. The average Bonchev–Trinajstić information content (AvgIpc) is 3.92. The number of esters is 1. The van der Waals surface area contributed by atoms with Gasteiger partial charge in [-0.05, 0) is 30.0 Å². The molecule has 5 heterocycles. The minimum absolute atomic E-state index is 0.00277. The molecule has 29 nitrogen and oxygen atoms in total. The van der Waals surface area contributed by atoms with Gasteiger partial charge in [0.25, 0.3) is 0 Å². The maximum atomic E-state index is 13.4. The summed E-state index contributed by atoms with van der Waals surface area (Å²) in [6.45, 7) is -1.92. The molecule has 2 aliphatic rings. The third-order valence-electron chi connectivity index (χ3n) is 9.41. The Bertz CT molecular complexity index is 2480. The van der Waals surface area contributed by atoms with Crippen LogP contribution >= 0.6 is 15.6 Å². The highest BCUT2D eigenvalue weighted by molar-refractivity contribution is 7.47. The number of fused-ring (bicyclic) bond motifs is 1. The molecule has 340 valence electrons. The van der Waals surface area contributed by atoms with Crippen molar-refractivity contribution < 1.29 is 71.0 Å². The number of aliphatic hydroxyl groups excluding tert-OH is 1. The van der Waals surface area contributed by atoms with Crippen molar-refractivity contribution in [2.24, 2.45) is 10.8 Å². The number of nitrogens with two attached hydrogens (primary N) is 3. The number of rotatable bonds is 19. The summed E-state index contributed by atoms with van der Waals surface area (Å²) < 4.78 is 64.7. The Labute approximate surface area is 353 Å². The van der Waals surface area contributed by atoms with Gasteiger partial charge < -0.3 is 61.3 Å². The Morgan fingerprint density at radius 1 is 1.06 bits per heavy atom. The van der Waals surface area contributed by atoms with Gasteiger partial charge in [0.2, 0.25) is 0 Å². The smallest absolute Gasteiger partial charge is 0.455 e. The van der Waals surface area contributed by atoms with Crippen molar-refractivity contribution in [2.45, 2.75) is 74.9 Å². The molecule has 9 atom stereocenters. The fourth-order valence-electron chi connectivity index (χ4n) is 6.43. The zero-order chi connectivity index (χ0) is 45.5. The predicted octanol–water partition coefficient (Wildman–Crippen LogP) is 0.292. The second-order valence-corrected chi connectivity index (χ2v) is 16.4. The molecule has 11 N–H and O–H groups in total. The van der Waals surface area contributed by atoms with Gasteiger partial charge in [-0.1, -0.05) is 29.4 Å². The second kappa shape index (κ2) is 20.2. The predicted molar refractivity (Wildman–Crippen MR) is 210 cm³/mol. The molecule has 2 unspecified atom stereocenters. The maximum Gasteiger partial charge on any atom is 0.472 e. The first-order valence-electron chi connectivity index (χ1n) is 18.5. The van der Waals surface area contributed by atoms with Crippen LogP contribution in [0.1, 0.15) is 37.3 Å². The molecule has 3 aromatic heterocycles. The Morgan fingerprint density at radius 2 is 1.83 bits per heavy atom. The summed E-state index contributed by atoms with van der Waals surface area (Å²) in [7, 11) is -10.3. The summed E-state index contributed by atoms with van der Waals surface area (Å²) in [5.41, 5.74) is 26.4. The fraction of sp³-hybridized carbons (Fsp3) is 0.469. The SMILES string of the molecule is [N-]=[N+]=Nc1ccccc1COC(=O)NCCCC(N)C(=O)O[C@H]1[C@@H](O)[C@H](n2cnc3c(N)ncnc32)O[C@H]1COP(=O)(O)O[C@H]1C[C@H](n2ccc(N)nc2=O)O[C@@H]1COP(=O)(O)O. The molecule has 1 amide bonds. The van der Waals surface area contributed by atoms with E-state index in [1.165, 1.54) is 23.2 Å². The molecule has 4 aromatic rings. The molecule has 0 radical (unpaired) electrons. The van der Waals surface area contributed by atoms with E-state index in [1.807, 2.05) is 0 Å². The van der Waals surface area contributed by atoms with E-state index in [1.54, 1.807) is 24.3 Å². The lowest BCUT2D eigenvalue weighted by Gasteiger charge is -2.24. The minimum Gasteiger partial charge on any atom is -0.455 e. The van der Waals surface area contributed by atoms with Gasteiger partial charge in [-0.2, -0.15) is 4.98 Å². The second-order valence-electron chi connectivity index (χ2n) is 13.7. The van der Waals surface area contributed by atoms with Gasteiger partial charge in [-0.3, -0.25) is 27.5 Å². The molecule has 0 bridgehead atoms. The van der Waals surface area contributed by atoms with Crippen molar-refractivity contribution in [3.63, 3.8) is 0 Å². The number of benzene rings is 1. The highest BCUT2D eigenvalue weighted by atomic mass is 31.2. The highest BCUT2D eigenvalue weighted by Gasteiger charge is 2.50. The van der Waals surface area contributed by atoms with Crippen LogP contribution in [-0.2, 0) is 53.1 Å². The van der Waals surface area contributed by atoms with Gasteiger partial charge in [-0.25, -0.2) is 33.7 Å². The summed E-state index contributed by atoms with van der Waals surface area (Å²) in [4.78, 5) is 85.9. The molecule has 63 heavy (non-hydrogen) atoms. The van der Waals surface area contributed by atoms with Crippen molar-refractivity contribution in [1.29, 1.82) is 0 Å². The Kier molecular flexibility index (Phi) is 15.1. The summed E-state index contributed by atoms with van der Waals surface area (Å²) >= 11 is 0. The first-order chi connectivity index (χ1) is 29.9. The van der Waals surface area contributed by atoms with E-state index < -0.39 is 95.6 Å². The molecule has 2 aliphatic heterocycles. The summed E-state index contributed by atoms with van der Waals surface area (Å²) in [5, 5.41) is 17.5. The fourth-order valence-corrected chi connectivity index (χ4v) is 7.73. The number of aliphatic hydroxyl groups is 1. The minimum atomic E-state index is -5.21. The van der Waals surface area contributed by atoms with E-state index in [-0.39, 0.29) is 60.9 Å². The number of phosphoric acid groups is 2. The van der Waals surface area contributed by atoms with Crippen LogP contribution in [0, 0.1) is 0 Å². The molecule has 31 heteroatoms. The van der Waals surface area contributed by atoms with Crippen LogP contribution in [0.4, 0.5) is 22.1 Å². The van der Waals surface area contributed by atoms with Crippen LogP contribution in [0.2, 0.25) is 0 Å². The lowest BCUT2D eigenvalue weighted by atomic mass is 10.1. The first-order valence-corrected chi connectivity index (χ1v) is 21.6. The lowest BCUT2D eigenvalue weighted by Crippen LogP contribution is -2.43. The van der Waals surface area contributed by atoms with Crippen LogP contribution in [0.5, 0.6) is 0 Å². The average molecular weight is 926 g/mol. The number of nitrogens with zero attached hydrogens (tertiary/aromatic N) is 9. The highest BCUT2D eigenvalue weighted by Crippen LogP contribution is 2.50. The summed E-state index contributed by atoms with van der Waals surface area (Å²) in [5.74, 6) is -1.15. The van der Waals surface area contributed by atoms with Crippen molar-refractivity contribution in [3.8, 4) is 0 Å². The van der Waals surface area contributed by atoms with Crippen LogP contribution in [0.15, 0.2) is 59.1 Å². The largest absolute Gasteiger partial charge is 0.472 e. The van der Waals surface area contributed by atoms with E-state index in [0.717, 1.165) is 10.9 Å². The number of hydrogen-bond donors (Lipinski definition) is 8. The topological polar surface area (TPSA) is 431 Å². The third-order valence-corrected chi connectivity index (χ3v) is 10.9. The number of alkyl carbamates (subject to hydrolysis) is 1. The van der Waals surface area contributed by atoms with Crippen LogP contribution in [-0.4, -0.2) is 117 Å². The standard InChI is InChI=1S/C32H41N13O16P2/c33-17(5-3-8-37-32(49)55-11-16-4-1-2-6-18(16)42-43-36)30(47)60-26-21(59-29(25(26)46)45-15-40-24-27(35)38-14-39-28(24)45)13-57-63(53,54)61-19-10-23(44-9-7-22(34)41-31(44)48)58-20(19)12-56-62(50,51)52/h1-2,4,6-7,9,14-15,17,19-21,23,25-26,29,46H,3,5,8,10-13,33H2,(H,37,49)(H,53,54)(H2,34,41,48)(H2,35,38,39)(H2,50,51,52)/t17?,19-,20+,21-,23+,25+,26+,29+/m0/s1. The summed E-state index contributed by atoms with van der Waals surface area (Å²) in [6, 6.07) is 6.45. The molecular formula is C32H41N13O16P2. The van der Waals surface area contributed by atoms with E-state index in [9.17, 15) is 43.3 Å². The number of nitrogen functional groups attached to an aromatic ring is 2. The lowest BCUT2D eigenvalue weighted by molar-refractivity contribution is -0.158. The number of aromatic nitrogens is 6. The molecule has 0 spiro atoms. The molecule has 0 aliphatic carbocycles. The third kappa shape index (κ3) is 12.1. The van der Waals surface area contributed by atoms with Crippen molar-refractivity contribution in [1.82, 2.24) is 34.4 Å². The van der Waals surface area contributed by atoms with Gasteiger partial charge in [-0.15, -0.1) is 0 Å². The molecular weight excluding hydrogens is 884 g/mol. The monoisotopic (exact) mass is 925 g/mol. The van der Waals surface area contributed by atoms with E-state index >= 15 is 0 Å². The van der Waals surface area contributed by atoms with Gasteiger partial charge >= 0.3 is 33.4 Å². The number of hydrogen-bond acceptors (Lipinski definition) is 21. The quantitative estimate of drug-likeness (QED) is 0.0156. The number of imidazole rings is 1. The van der Waals surface area contributed by atoms with Crippen molar-refractivity contribution >= 4 is 56.2 Å². The molecule has 1 aromatic carbocycles. The van der Waals surface area contributed by atoms with E-state index in [4.69, 9.17) is 50.7 Å². The first kappa shape index (κ1) is 46.9. The van der Waals surface area contributed by atoms with Gasteiger partial charge in [0.1, 0.15) is 61.0 Å². The number of ether oxygens (including phenoxy) is 4. The zero-order valence-corrected chi connectivity index (χ0v) is 34.3. The number of anilines is 2. The molecule has 6 rings (SSSR count). The van der Waals surface area contributed by atoms with E-state index in [2.05, 4.69) is 39.8 Å². The Balaban J connectivity index is 1.10. The molecule has 2 fully saturated rings. The van der Waals surface area contributed by atoms with Crippen molar-refractivity contribution in [3.05, 3.63) is 75.7 Å². The van der Waals surface area contributed by atoms with Crippen LogP contribution in [0.3, 0.4) is 0 Å². The number of nitrogens with one attached hydrogen (secondary N) is 1. The number of carbonyl (C=O) groups is 2. The van der Waals surface area contributed by atoms with Gasteiger partial charge in [0, 0.05) is 29.8 Å². The van der Waals surface area contributed by atoms with Crippen LogP contribution < -0.4 is 28.2 Å². The van der Waals surface area contributed by atoms with Crippen LogP contribution in [0.25, 0.3) is 21.6 Å². The van der Waals surface area contributed by atoms with E-state index in [0.29, 0.717) is 5.56 Å². The zero-order valence-electron chi connectivity index (χ0n) is 32.5. The normalized spacial score (nSPS) is 23.7. The van der Waals surface area contributed by atoms with Gasteiger partial charge in [0.05, 0.1) is 19.5 Å². The van der Waals surface area contributed by atoms with Gasteiger partial charge in [0.15, 0.2) is 23.8 Å². The molecule has 2 saturated heterocycles. The summed E-state index contributed by atoms with van der Waals surface area (Å²) in [6.07, 6.45) is -7.90.